The number of nitrogens with one attached hydrogen (secondary N) is 2. The van der Waals surface area contributed by atoms with Gasteiger partial charge in [-0.05, 0) is 48.6 Å². The SMILES string of the molecule is CCCCCCCCc1n[nH]c(CCCCCC(CC)Nc2cc(C(C)(C)C)c(O)c(C(C)(C)C)c2)n1. The summed E-state index contributed by atoms with van der Waals surface area (Å²) >= 11 is 0. The second-order valence-electron chi connectivity index (χ2n) is 13.0. The molecule has 5 nitrogen and oxygen atoms in total. The lowest BCUT2D eigenvalue weighted by molar-refractivity contribution is 0.423. The standard InChI is InChI=1S/C32H56N4O/c1-9-11-12-13-14-17-20-28-34-29(36-35-28)21-18-15-16-19-24(10-2)33-25-22-26(31(3,4)5)30(37)27(23-25)32(6,7)8/h22-24,33,37H,9-21H2,1-8H3,(H,34,35,36). The van der Waals surface area contributed by atoms with Gasteiger partial charge in [0.2, 0.25) is 0 Å². The average molecular weight is 513 g/mol. The van der Waals surface area contributed by atoms with Gasteiger partial charge in [-0.2, -0.15) is 5.10 Å². The molecule has 0 spiro atoms. The molecule has 1 unspecified atom stereocenters. The van der Waals surface area contributed by atoms with Crippen LogP contribution in [0.5, 0.6) is 5.75 Å². The summed E-state index contributed by atoms with van der Waals surface area (Å²) in [6.45, 7) is 17.5. The van der Waals surface area contributed by atoms with Crippen LogP contribution in [0.25, 0.3) is 0 Å². The fourth-order valence-corrected chi connectivity index (χ4v) is 4.96. The molecule has 0 fully saturated rings. The van der Waals surface area contributed by atoms with E-state index in [1.54, 1.807) is 0 Å². The number of benzene rings is 1. The Bertz CT molecular complexity index is 885. The maximum Gasteiger partial charge on any atom is 0.150 e. The Balaban J connectivity index is 1.80. The Morgan fingerprint density at radius 2 is 1.38 bits per heavy atom. The van der Waals surface area contributed by atoms with Gasteiger partial charge in [0, 0.05) is 35.7 Å². The Morgan fingerprint density at radius 3 is 1.97 bits per heavy atom. The summed E-state index contributed by atoms with van der Waals surface area (Å²) in [5.74, 6) is 2.47. The highest BCUT2D eigenvalue weighted by Crippen LogP contribution is 2.41. The van der Waals surface area contributed by atoms with E-state index in [2.05, 4.69) is 83.0 Å². The molecule has 1 atom stereocenters. The number of phenolic OH excluding ortho intramolecular Hbond substituents is 1. The van der Waals surface area contributed by atoms with Crippen molar-refractivity contribution in [2.75, 3.05) is 5.32 Å². The maximum absolute atomic E-state index is 11.0. The Kier molecular flexibility index (Phi) is 12.5. The Morgan fingerprint density at radius 1 is 0.811 bits per heavy atom. The fraction of sp³-hybridized carbons (Fsp3) is 0.750. The zero-order valence-electron chi connectivity index (χ0n) is 25.3. The number of rotatable bonds is 16. The first kappa shape index (κ1) is 31.2. The maximum atomic E-state index is 11.0. The van der Waals surface area contributed by atoms with Crippen molar-refractivity contribution in [2.24, 2.45) is 0 Å². The van der Waals surface area contributed by atoms with Crippen molar-refractivity contribution < 1.29 is 5.11 Å². The van der Waals surface area contributed by atoms with Gasteiger partial charge in [0.1, 0.15) is 11.6 Å². The van der Waals surface area contributed by atoms with E-state index in [9.17, 15) is 5.11 Å². The first-order chi connectivity index (χ1) is 17.5. The van der Waals surface area contributed by atoms with Gasteiger partial charge in [-0.3, -0.25) is 5.10 Å². The lowest BCUT2D eigenvalue weighted by Gasteiger charge is -2.29. The smallest absolute Gasteiger partial charge is 0.150 e. The molecule has 5 heteroatoms. The summed E-state index contributed by atoms with van der Waals surface area (Å²) in [5, 5.41) is 22.4. The van der Waals surface area contributed by atoms with Crippen LogP contribution in [0.3, 0.4) is 0 Å². The zero-order valence-corrected chi connectivity index (χ0v) is 25.3. The molecular formula is C32H56N4O. The first-order valence-corrected chi connectivity index (χ1v) is 15.0. The van der Waals surface area contributed by atoms with Gasteiger partial charge in [-0.25, -0.2) is 4.98 Å². The third kappa shape index (κ3) is 10.7. The predicted octanol–water partition coefficient (Wildman–Crippen LogP) is 9.00. The van der Waals surface area contributed by atoms with Crippen molar-refractivity contribution in [3.05, 3.63) is 34.9 Å². The number of aryl methyl sites for hydroxylation is 2. The van der Waals surface area contributed by atoms with Gasteiger partial charge in [0.15, 0.2) is 5.82 Å². The van der Waals surface area contributed by atoms with Crippen LogP contribution in [0.1, 0.15) is 149 Å². The highest BCUT2D eigenvalue weighted by Gasteiger charge is 2.27. The van der Waals surface area contributed by atoms with Gasteiger partial charge in [-0.15, -0.1) is 0 Å². The molecule has 3 N–H and O–H groups in total. The van der Waals surface area contributed by atoms with E-state index in [1.165, 1.54) is 51.4 Å². The molecule has 0 aliphatic heterocycles. The molecule has 0 amide bonds. The van der Waals surface area contributed by atoms with E-state index in [-0.39, 0.29) is 10.8 Å². The largest absolute Gasteiger partial charge is 0.507 e. The third-order valence-corrected chi connectivity index (χ3v) is 7.39. The van der Waals surface area contributed by atoms with Gasteiger partial charge >= 0.3 is 0 Å². The fourth-order valence-electron chi connectivity index (χ4n) is 4.96. The number of aromatic hydroxyl groups is 1. The topological polar surface area (TPSA) is 73.8 Å². The number of unbranched alkanes of at least 4 members (excludes halogenated alkanes) is 7. The second-order valence-corrected chi connectivity index (χ2v) is 13.0. The summed E-state index contributed by atoms with van der Waals surface area (Å²) in [4.78, 5) is 4.71. The lowest BCUT2D eigenvalue weighted by atomic mass is 9.79. The van der Waals surface area contributed by atoms with E-state index < -0.39 is 0 Å². The minimum Gasteiger partial charge on any atom is -0.507 e. The molecule has 2 aromatic rings. The number of aromatic nitrogens is 3. The molecule has 0 aliphatic carbocycles. The van der Waals surface area contributed by atoms with Gasteiger partial charge in [-0.1, -0.05) is 100 Å². The number of H-pyrrole nitrogens is 1. The minimum atomic E-state index is -0.112. The van der Waals surface area contributed by atoms with E-state index in [1.807, 2.05) is 0 Å². The minimum absolute atomic E-state index is 0.112. The summed E-state index contributed by atoms with van der Waals surface area (Å²) in [7, 11) is 0. The first-order valence-electron chi connectivity index (χ1n) is 15.0. The molecule has 0 saturated carbocycles. The monoisotopic (exact) mass is 512 g/mol. The van der Waals surface area contributed by atoms with Crippen molar-refractivity contribution in [3.8, 4) is 5.75 Å². The number of nitrogens with zero attached hydrogens (tertiary/aromatic N) is 2. The summed E-state index contributed by atoms with van der Waals surface area (Å²) in [6.07, 6.45) is 15.6. The zero-order chi connectivity index (χ0) is 27.5. The average Bonchev–Trinajstić information content (AvgIpc) is 3.27. The van der Waals surface area contributed by atoms with Crippen LogP contribution < -0.4 is 5.32 Å². The van der Waals surface area contributed by atoms with Crippen LogP contribution in [0.15, 0.2) is 12.1 Å². The van der Waals surface area contributed by atoms with E-state index in [0.29, 0.717) is 11.8 Å². The van der Waals surface area contributed by atoms with Crippen LogP contribution in [0.4, 0.5) is 5.69 Å². The molecule has 0 radical (unpaired) electrons. The van der Waals surface area contributed by atoms with Crippen molar-refractivity contribution in [2.45, 2.75) is 156 Å². The van der Waals surface area contributed by atoms with Gasteiger partial charge < -0.3 is 10.4 Å². The number of aromatic amines is 1. The molecule has 1 aromatic carbocycles. The van der Waals surface area contributed by atoms with E-state index >= 15 is 0 Å². The van der Waals surface area contributed by atoms with Crippen molar-refractivity contribution in [3.63, 3.8) is 0 Å². The highest BCUT2D eigenvalue weighted by atomic mass is 16.3. The highest BCUT2D eigenvalue weighted by molar-refractivity contribution is 5.59. The number of anilines is 1. The Labute approximate surface area is 227 Å². The molecule has 0 aliphatic rings. The van der Waals surface area contributed by atoms with Gasteiger partial charge in [0.05, 0.1) is 0 Å². The predicted molar refractivity (Wildman–Crippen MR) is 159 cm³/mol. The second kappa shape index (κ2) is 14.8. The quantitative estimate of drug-likeness (QED) is 0.155. The van der Waals surface area contributed by atoms with Crippen LogP contribution in [0, 0.1) is 0 Å². The van der Waals surface area contributed by atoms with Crippen LogP contribution in [0.2, 0.25) is 0 Å². The summed E-state index contributed by atoms with van der Waals surface area (Å²) in [5.41, 5.74) is 2.93. The molecule has 37 heavy (non-hydrogen) atoms. The van der Waals surface area contributed by atoms with E-state index in [0.717, 1.165) is 60.6 Å². The molecular weight excluding hydrogens is 456 g/mol. The van der Waals surface area contributed by atoms with E-state index in [4.69, 9.17) is 4.98 Å². The number of hydrogen-bond donors (Lipinski definition) is 3. The molecule has 1 heterocycles. The summed E-state index contributed by atoms with van der Waals surface area (Å²) < 4.78 is 0. The van der Waals surface area contributed by atoms with Crippen molar-refractivity contribution in [1.82, 2.24) is 15.2 Å². The summed E-state index contributed by atoms with van der Waals surface area (Å²) in [6, 6.07) is 4.74. The van der Waals surface area contributed by atoms with Crippen LogP contribution in [-0.2, 0) is 23.7 Å². The number of phenols is 1. The third-order valence-electron chi connectivity index (χ3n) is 7.39. The molecule has 0 saturated heterocycles. The molecule has 1 aromatic heterocycles. The Hall–Kier alpha value is -2.04. The molecule has 210 valence electrons. The molecule has 0 bridgehead atoms. The van der Waals surface area contributed by atoms with Crippen molar-refractivity contribution >= 4 is 5.69 Å². The van der Waals surface area contributed by atoms with Crippen LogP contribution >= 0.6 is 0 Å². The van der Waals surface area contributed by atoms with Crippen molar-refractivity contribution in [1.29, 1.82) is 0 Å². The normalized spacial score (nSPS) is 13.2. The van der Waals surface area contributed by atoms with Gasteiger partial charge in [0.25, 0.3) is 0 Å². The van der Waals surface area contributed by atoms with Crippen LogP contribution in [-0.4, -0.2) is 26.3 Å². The molecule has 2 rings (SSSR count). The lowest BCUT2D eigenvalue weighted by Crippen LogP contribution is -2.21. The number of hydrogen-bond acceptors (Lipinski definition) is 4.